The van der Waals surface area contributed by atoms with Crippen LogP contribution in [0.4, 0.5) is 0 Å². The van der Waals surface area contributed by atoms with Gasteiger partial charge in [0.2, 0.25) is 11.1 Å². The van der Waals surface area contributed by atoms with E-state index in [0.717, 1.165) is 29.8 Å². The zero-order valence-electron chi connectivity index (χ0n) is 15.9. The first kappa shape index (κ1) is 19.3. The number of phenols is 1. The van der Waals surface area contributed by atoms with E-state index in [-0.39, 0.29) is 17.4 Å². The van der Waals surface area contributed by atoms with Crippen LogP contribution in [0.2, 0.25) is 0 Å². The Morgan fingerprint density at radius 1 is 1.21 bits per heavy atom. The molecule has 4 rings (SSSR count). The molecule has 0 atom stereocenters. The lowest BCUT2D eigenvalue weighted by atomic mass is 10.2. The second kappa shape index (κ2) is 8.52. The summed E-state index contributed by atoms with van der Waals surface area (Å²) in [5.41, 5.74) is 1.80. The Balaban J connectivity index is 1.41. The number of tetrazole rings is 1. The van der Waals surface area contributed by atoms with Gasteiger partial charge < -0.3 is 14.7 Å². The first-order valence-corrected chi connectivity index (χ1v) is 10.3. The number of methoxy groups -OCH3 is 1. The minimum absolute atomic E-state index is 0.0635. The number of aromatic nitrogens is 4. The molecule has 29 heavy (non-hydrogen) atoms. The number of phenolic OH excluding ortho intramolecular Hbond substituents is 1. The maximum absolute atomic E-state index is 12.9. The van der Waals surface area contributed by atoms with Crippen molar-refractivity contribution in [2.75, 3.05) is 12.9 Å². The largest absolute Gasteiger partial charge is 0.508 e. The van der Waals surface area contributed by atoms with Gasteiger partial charge in [0.1, 0.15) is 11.5 Å². The van der Waals surface area contributed by atoms with Crippen molar-refractivity contribution in [3.05, 3.63) is 54.1 Å². The third-order valence-corrected chi connectivity index (χ3v) is 5.58. The number of thioether (sulfide) groups is 1. The molecule has 150 valence electrons. The van der Waals surface area contributed by atoms with Gasteiger partial charge in [0.15, 0.2) is 0 Å². The molecule has 0 spiro atoms. The Kier molecular flexibility index (Phi) is 5.66. The topological polar surface area (TPSA) is 93.4 Å². The van der Waals surface area contributed by atoms with Crippen LogP contribution in [-0.4, -0.2) is 55.0 Å². The van der Waals surface area contributed by atoms with Gasteiger partial charge in [-0.2, -0.15) is 4.68 Å². The van der Waals surface area contributed by atoms with Gasteiger partial charge in [-0.05, 0) is 65.2 Å². The second-order valence-corrected chi connectivity index (χ2v) is 7.72. The summed E-state index contributed by atoms with van der Waals surface area (Å²) >= 11 is 1.30. The van der Waals surface area contributed by atoms with Crippen molar-refractivity contribution in [1.29, 1.82) is 0 Å². The Morgan fingerprint density at radius 3 is 2.59 bits per heavy atom. The highest BCUT2D eigenvalue weighted by atomic mass is 32.2. The van der Waals surface area contributed by atoms with E-state index < -0.39 is 0 Å². The number of benzene rings is 2. The van der Waals surface area contributed by atoms with E-state index in [1.807, 2.05) is 29.2 Å². The van der Waals surface area contributed by atoms with Crippen molar-refractivity contribution in [2.45, 2.75) is 30.6 Å². The minimum atomic E-state index is 0.0635. The van der Waals surface area contributed by atoms with Crippen molar-refractivity contribution < 1.29 is 14.6 Å². The van der Waals surface area contributed by atoms with Gasteiger partial charge in [-0.1, -0.05) is 23.9 Å². The summed E-state index contributed by atoms with van der Waals surface area (Å²) in [6.45, 7) is 0.580. The van der Waals surface area contributed by atoms with E-state index in [2.05, 4.69) is 15.5 Å². The van der Waals surface area contributed by atoms with Crippen LogP contribution in [-0.2, 0) is 11.3 Å². The number of amides is 1. The molecule has 0 radical (unpaired) electrons. The zero-order chi connectivity index (χ0) is 20.2. The van der Waals surface area contributed by atoms with E-state index in [9.17, 15) is 9.90 Å². The van der Waals surface area contributed by atoms with Crippen molar-refractivity contribution in [1.82, 2.24) is 25.1 Å². The highest BCUT2D eigenvalue weighted by molar-refractivity contribution is 7.99. The van der Waals surface area contributed by atoms with Crippen LogP contribution in [0.1, 0.15) is 18.4 Å². The molecule has 1 saturated carbocycles. The molecule has 8 nitrogen and oxygen atoms in total. The molecule has 0 unspecified atom stereocenters. The minimum Gasteiger partial charge on any atom is -0.508 e. The quantitative estimate of drug-likeness (QED) is 0.570. The monoisotopic (exact) mass is 411 g/mol. The summed E-state index contributed by atoms with van der Waals surface area (Å²) in [6, 6.07) is 14.7. The van der Waals surface area contributed by atoms with E-state index >= 15 is 0 Å². The number of hydrogen-bond donors (Lipinski definition) is 1. The number of aromatic hydroxyl groups is 1. The average Bonchev–Trinajstić information content (AvgIpc) is 3.48. The number of hydrogen-bond acceptors (Lipinski definition) is 7. The van der Waals surface area contributed by atoms with Crippen LogP contribution in [0.25, 0.3) is 5.69 Å². The molecular weight excluding hydrogens is 390 g/mol. The van der Waals surface area contributed by atoms with Crippen LogP contribution in [0.5, 0.6) is 11.5 Å². The van der Waals surface area contributed by atoms with Gasteiger partial charge in [0, 0.05) is 12.6 Å². The molecule has 1 aliphatic rings. The molecule has 1 N–H and O–H groups in total. The van der Waals surface area contributed by atoms with E-state index in [1.165, 1.54) is 11.8 Å². The first-order valence-electron chi connectivity index (χ1n) is 9.27. The van der Waals surface area contributed by atoms with Crippen LogP contribution in [0.15, 0.2) is 53.7 Å². The SMILES string of the molecule is COc1ccc(CN(C(=O)CSc2nnnn2-c2ccc(O)cc2)C2CC2)cc1. The molecular formula is C20H21N5O3S. The number of nitrogens with zero attached hydrogens (tertiary/aromatic N) is 5. The average molecular weight is 411 g/mol. The fraction of sp³-hybridized carbons (Fsp3) is 0.300. The summed E-state index contributed by atoms with van der Waals surface area (Å²) in [6.07, 6.45) is 2.08. The first-order chi connectivity index (χ1) is 14.1. The van der Waals surface area contributed by atoms with Crippen molar-refractivity contribution in [2.24, 2.45) is 0 Å². The van der Waals surface area contributed by atoms with E-state index in [1.54, 1.807) is 36.1 Å². The van der Waals surface area contributed by atoms with Gasteiger partial charge in [0.25, 0.3) is 0 Å². The van der Waals surface area contributed by atoms with Crippen molar-refractivity contribution in [3.8, 4) is 17.2 Å². The molecule has 3 aromatic rings. The van der Waals surface area contributed by atoms with Gasteiger partial charge in [-0.25, -0.2) is 0 Å². The van der Waals surface area contributed by atoms with Gasteiger partial charge in [-0.3, -0.25) is 4.79 Å². The second-order valence-electron chi connectivity index (χ2n) is 6.78. The number of ether oxygens (including phenoxy) is 1. The summed E-state index contributed by atoms with van der Waals surface area (Å²) in [7, 11) is 1.64. The van der Waals surface area contributed by atoms with Gasteiger partial charge >= 0.3 is 0 Å². The molecule has 1 heterocycles. The Bertz CT molecular complexity index is 971. The third kappa shape index (κ3) is 4.68. The van der Waals surface area contributed by atoms with E-state index in [0.29, 0.717) is 17.7 Å². The predicted molar refractivity (Wildman–Crippen MR) is 108 cm³/mol. The molecule has 1 aromatic heterocycles. The third-order valence-electron chi connectivity index (χ3n) is 4.68. The number of rotatable bonds is 8. The molecule has 1 amide bonds. The highest BCUT2D eigenvalue weighted by Gasteiger charge is 2.32. The maximum atomic E-state index is 12.9. The number of carbonyl (C=O) groups is 1. The predicted octanol–water partition coefficient (Wildman–Crippen LogP) is 2.66. The highest BCUT2D eigenvalue weighted by Crippen LogP contribution is 2.30. The molecule has 2 aromatic carbocycles. The smallest absolute Gasteiger partial charge is 0.233 e. The fourth-order valence-corrected chi connectivity index (χ4v) is 3.75. The Morgan fingerprint density at radius 2 is 1.93 bits per heavy atom. The lowest BCUT2D eigenvalue weighted by Gasteiger charge is -2.22. The van der Waals surface area contributed by atoms with Gasteiger partial charge in [0.05, 0.1) is 18.6 Å². The van der Waals surface area contributed by atoms with Gasteiger partial charge in [-0.15, -0.1) is 5.10 Å². The maximum Gasteiger partial charge on any atom is 0.233 e. The summed E-state index contributed by atoms with van der Waals surface area (Å²) < 4.78 is 6.75. The summed E-state index contributed by atoms with van der Waals surface area (Å²) in [4.78, 5) is 14.8. The van der Waals surface area contributed by atoms with E-state index in [4.69, 9.17) is 4.74 Å². The summed E-state index contributed by atoms with van der Waals surface area (Å²) in [5, 5.41) is 21.7. The van der Waals surface area contributed by atoms with Crippen molar-refractivity contribution in [3.63, 3.8) is 0 Å². The summed E-state index contributed by atoms with van der Waals surface area (Å²) in [5.74, 6) is 1.29. The Hall–Kier alpha value is -3.07. The zero-order valence-corrected chi connectivity index (χ0v) is 16.7. The molecule has 1 fully saturated rings. The lowest BCUT2D eigenvalue weighted by Crippen LogP contribution is -2.34. The molecule has 0 aliphatic heterocycles. The fourth-order valence-electron chi connectivity index (χ4n) is 2.97. The van der Waals surface area contributed by atoms with Crippen LogP contribution >= 0.6 is 11.8 Å². The Labute approximate surface area is 172 Å². The van der Waals surface area contributed by atoms with Crippen LogP contribution < -0.4 is 4.74 Å². The van der Waals surface area contributed by atoms with Crippen LogP contribution in [0, 0.1) is 0 Å². The normalized spacial score (nSPS) is 13.3. The standard InChI is InChI=1S/C20H21N5O3S/c1-28-18-10-2-14(3-11-18)12-24(15-4-5-15)19(27)13-29-20-21-22-23-25(20)16-6-8-17(26)9-7-16/h2-3,6-11,15,26H,4-5,12-13H2,1H3. The number of carbonyl (C=O) groups excluding carboxylic acids is 1. The molecule has 1 aliphatic carbocycles. The molecule has 0 saturated heterocycles. The molecule has 0 bridgehead atoms. The molecule has 9 heteroatoms. The van der Waals surface area contributed by atoms with Crippen molar-refractivity contribution >= 4 is 17.7 Å². The lowest BCUT2D eigenvalue weighted by molar-refractivity contribution is -0.129. The van der Waals surface area contributed by atoms with Crippen LogP contribution in [0.3, 0.4) is 0 Å².